The Labute approximate surface area is 123 Å². The fourth-order valence-corrected chi connectivity index (χ4v) is 2.86. The zero-order chi connectivity index (χ0) is 15.8. The van der Waals surface area contributed by atoms with Crippen molar-refractivity contribution in [2.45, 2.75) is 24.8 Å². The van der Waals surface area contributed by atoms with Crippen LogP contribution < -0.4 is 4.90 Å². The van der Waals surface area contributed by atoms with Crippen LogP contribution in [-0.4, -0.2) is 49.2 Å². The summed E-state index contributed by atoms with van der Waals surface area (Å²) >= 11 is 0. The van der Waals surface area contributed by atoms with Gasteiger partial charge in [0.1, 0.15) is 0 Å². The Morgan fingerprint density at radius 3 is 2.29 bits per heavy atom. The summed E-state index contributed by atoms with van der Waals surface area (Å²) in [7, 11) is 5.66. The highest BCUT2D eigenvalue weighted by atomic mass is 19.2. The monoisotopic (exact) mass is 298 g/mol. The first-order chi connectivity index (χ1) is 9.78. The van der Waals surface area contributed by atoms with Gasteiger partial charge >= 0.3 is 5.97 Å². The van der Waals surface area contributed by atoms with Crippen molar-refractivity contribution in [1.82, 2.24) is 4.90 Å². The highest BCUT2D eigenvalue weighted by molar-refractivity contribution is 5.88. The van der Waals surface area contributed by atoms with Crippen molar-refractivity contribution in [1.29, 1.82) is 0 Å². The van der Waals surface area contributed by atoms with Crippen LogP contribution in [0, 0.1) is 11.6 Å². The number of likely N-dealkylation sites (N-methyl/N-ethyl adjacent to an activating group) is 2. The van der Waals surface area contributed by atoms with Crippen LogP contribution in [0.2, 0.25) is 0 Å². The maximum absolute atomic E-state index is 14.1. The molecule has 0 bridgehead atoms. The van der Waals surface area contributed by atoms with Gasteiger partial charge in [0.25, 0.3) is 0 Å². The van der Waals surface area contributed by atoms with E-state index in [0.717, 1.165) is 25.3 Å². The molecule has 1 aromatic carbocycles. The van der Waals surface area contributed by atoms with Crippen LogP contribution in [-0.2, 0) is 0 Å². The van der Waals surface area contributed by atoms with Crippen LogP contribution in [0.25, 0.3) is 0 Å². The molecule has 2 rings (SSSR count). The number of carboxylic acids is 1. The summed E-state index contributed by atoms with van der Waals surface area (Å²) in [5, 5.41) is 8.80. The third-order valence-electron chi connectivity index (χ3n) is 4.47. The zero-order valence-electron chi connectivity index (χ0n) is 12.5. The van der Waals surface area contributed by atoms with Gasteiger partial charge < -0.3 is 14.9 Å². The first kappa shape index (κ1) is 15.7. The largest absolute Gasteiger partial charge is 0.478 e. The Bertz CT molecular complexity index is 557. The smallest absolute Gasteiger partial charge is 0.338 e. The second-order valence-electron chi connectivity index (χ2n) is 5.89. The van der Waals surface area contributed by atoms with Gasteiger partial charge in [-0.15, -0.1) is 0 Å². The van der Waals surface area contributed by atoms with Crippen LogP contribution in [0.3, 0.4) is 0 Å². The lowest BCUT2D eigenvalue weighted by atomic mass is 9.75. The quantitative estimate of drug-likeness (QED) is 0.907. The lowest BCUT2D eigenvalue weighted by molar-refractivity contribution is 0.0678. The van der Waals surface area contributed by atoms with Gasteiger partial charge in [-0.25, -0.2) is 13.6 Å². The average molecular weight is 298 g/mol. The number of carboxylic acid groups (broad SMARTS) is 1. The van der Waals surface area contributed by atoms with Gasteiger partial charge in [0.2, 0.25) is 0 Å². The van der Waals surface area contributed by atoms with Gasteiger partial charge in [0, 0.05) is 19.1 Å². The predicted octanol–water partition coefficient (Wildman–Crippen LogP) is 2.58. The Hall–Kier alpha value is -1.69. The van der Waals surface area contributed by atoms with Crippen LogP contribution in [0.4, 0.5) is 14.5 Å². The summed E-state index contributed by atoms with van der Waals surface area (Å²) in [6, 6.07) is 2.43. The van der Waals surface area contributed by atoms with Crippen molar-refractivity contribution in [3.05, 3.63) is 29.3 Å². The number of hydrogen-bond donors (Lipinski definition) is 1. The van der Waals surface area contributed by atoms with Crippen LogP contribution in [0.15, 0.2) is 12.1 Å². The van der Waals surface area contributed by atoms with E-state index in [-0.39, 0.29) is 11.2 Å². The molecule has 1 aliphatic carbocycles. The van der Waals surface area contributed by atoms with E-state index in [1.807, 2.05) is 14.1 Å². The molecule has 0 saturated heterocycles. The van der Waals surface area contributed by atoms with E-state index in [2.05, 4.69) is 4.90 Å². The molecule has 1 aliphatic rings. The van der Waals surface area contributed by atoms with Crippen LogP contribution in [0.1, 0.15) is 29.6 Å². The normalized spacial score (nSPS) is 16.7. The average Bonchev–Trinajstić information content (AvgIpc) is 2.35. The molecular formula is C15H20F2N2O2. The molecule has 0 amide bonds. The summed E-state index contributed by atoms with van der Waals surface area (Å²) in [6.45, 7) is 0.572. The number of carbonyl (C=O) groups is 1. The summed E-state index contributed by atoms with van der Waals surface area (Å²) in [5.41, 5.74) is -0.579. The van der Waals surface area contributed by atoms with Gasteiger partial charge in [-0.3, -0.25) is 0 Å². The van der Waals surface area contributed by atoms with E-state index < -0.39 is 23.2 Å². The molecule has 0 unspecified atom stereocenters. The van der Waals surface area contributed by atoms with E-state index in [9.17, 15) is 13.6 Å². The van der Waals surface area contributed by atoms with Crippen LogP contribution >= 0.6 is 0 Å². The fourth-order valence-electron chi connectivity index (χ4n) is 2.86. The highest BCUT2D eigenvalue weighted by Crippen LogP contribution is 2.38. The second kappa shape index (κ2) is 5.60. The molecule has 116 valence electrons. The minimum absolute atomic E-state index is 0.0247. The number of hydrogen-bond acceptors (Lipinski definition) is 3. The third kappa shape index (κ3) is 2.72. The molecular weight excluding hydrogens is 278 g/mol. The number of rotatable bonds is 5. The molecule has 6 heteroatoms. The van der Waals surface area contributed by atoms with Crippen molar-refractivity contribution in [2.75, 3.05) is 32.6 Å². The molecule has 0 radical (unpaired) electrons. The number of aromatic carboxylic acids is 1. The zero-order valence-corrected chi connectivity index (χ0v) is 12.5. The lowest BCUT2D eigenvalue weighted by Gasteiger charge is -2.49. The van der Waals surface area contributed by atoms with E-state index >= 15 is 0 Å². The van der Waals surface area contributed by atoms with Crippen molar-refractivity contribution < 1.29 is 18.7 Å². The lowest BCUT2D eigenvalue weighted by Crippen LogP contribution is -2.56. The first-order valence-corrected chi connectivity index (χ1v) is 6.88. The molecule has 0 aromatic heterocycles. The minimum atomic E-state index is -1.47. The SMILES string of the molecule is CN(CC1(N(C)C)CCC1)c1ccc(C(=O)O)c(F)c1F. The molecule has 1 fully saturated rings. The van der Waals surface area contributed by atoms with Gasteiger partial charge in [0.05, 0.1) is 11.3 Å². The Morgan fingerprint density at radius 2 is 1.86 bits per heavy atom. The van der Waals surface area contributed by atoms with Crippen molar-refractivity contribution in [3.8, 4) is 0 Å². The van der Waals surface area contributed by atoms with Gasteiger partial charge in [0.15, 0.2) is 11.6 Å². The fraction of sp³-hybridized carbons (Fsp3) is 0.533. The molecule has 1 N–H and O–H groups in total. The maximum Gasteiger partial charge on any atom is 0.338 e. The molecule has 0 aliphatic heterocycles. The predicted molar refractivity (Wildman–Crippen MR) is 76.9 cm³/mol. The van der Waals surface area contributed by atoms with Crippen molar-refractivity contribution in [2.24, 2.45) is 0 Å². The molecule has 4 nitrogen and oxygen atoms in total. The van der Waals surface area contributed by atoms with Gasteiger partial charge in [-0.05, 0) is 45.5 Å². The van der Waals surface area contributed by atoms with Gasteiger partial charge in [-0.2, -0.15) is 0 Å². The number of nitrogens with zero attached hydrogens (tertiary/aromatic N) is 2. The number of halogens is 2. The first-order valence-electron chi connectivity index (χ1n) is 6.88. The number of benzene rings is 1. The summed E-state index contributed by atoms with van der Waals surface area (Å²) in [4.78, 5) is 14.6. The van der Waals surface area contributed by atoms with E-state index in [1.54, 1.807) is 11.9 Å². The van der Waals surface area contributed by atoms with E-state index in [0.29, 0.717) is 6.54 Å². The van der Waals surface area contributed by atoms with E-state index in [4.69, 9.17) is 5.11 Å². The molecule has 21 heavy (non-hydrogen) atoms. The Kier molecular flexibility index (Phi) is 4.18. The summed E-state index contributed by atoms with van der Waals surface area (Å²) < 4.78 is 27.8. The minimum Gasteiger partial charge on any atom is -0.478 e. The van der Waals surface area contributed by atoms with Crippen molar-refractivity contribution >= 4 is 11.7 Å². The Morgan fingerprint density at radius 1 is 1.24 bits per heavy atom. The maximum atomic E-state index is 14.1. The second-order valence-corrected chi connectivity index (χ2v) is 5.89. The van der Waals surface area contributed by atoms with E-state index in [1.165, 1.54) is 6.07 Å². The van der Waals surface area contributed by atoms with Gasteiger partial charge in [-0.1, -0.05) is 0 Å². The molecule has 1 saturated carbocycles. The highest BCUT2D eigenvalue weighted by Gasteiger charge is 2.40. The summed E-state index contributed by atoms with van der Waals surface area (Å²) in [6.07, 6.45) is 3.16. The Balaban J connectivity index is 2.26. The molecule has 0 heterocycles. The van der Waals surface area contributed by atoms with Crippen molar-refractivity contribution in [3.63, 3.8) is 0 Å². The third-order valence-corrected chi connectivity index (χ3v) is 4.47. The topological polar surface area (TPSA) is 43.8 Å². The number of anilines is 1. The van der Waals surface area contributed by atoms with Crippen LogP contribution in [0.5, 0.6) is 0 Å². The standard InChI is InChI=1S/C15H20F2N2O2/c1-18(2)15(7-4-8-15)9-19(3)11-6-5-10(14(20)21)12(16)13(11)17/h5-6H,4,7-9H2,1-3H3,(H,20,21). The molecule has 0 atom stereocenters. The molecule has 0 spiro atoms. The summed E-state index contributed by atoms with van der Waals surface area (Å²) in [5.74, 6) is -3.88. The molecule has 1 aromatic rings.